The van der Waals surface area contributed by atoms with Crippen molar-refractivity contribution in [3.05, 3.63) is 33.3 Å². The molecule has 70 heavy (non-hydrogen) atoms. The van der Waals surface area contributed by atoms with E-state index < -0.39 is 84.9 Å². The lowest BCUT2D eigenvalue weighted by atomic mass is 9.73. The van der Waals surface area contributed by atoms with E-state index in [9.17, 15) is 19.2 Å². The smallest absolute Gasteiger partial charge is 0.460 e. The van der Waals surface area contributed by atoms with Gasteiger partial charge < -0.3 is 32.5 Å². The van der Waals surface area contributed by atoms with Crippen LogP contribution in [-0.4, -0.2) is 90.4 Å². The molecule has 0 spiro atoms. The van der Waals surface area contributed by atoms with E-state index in [0.717, 1.165) is 60.3 Å². The quantitative estimate of drug-likeness (QED) is 0.0238. The number of halogens is 6. The monoisotopic (exact) mass is 1160 g/mol. The number of Topliss-reactive ketones (excluding diaryl/α,β-unsaturated/α-hetero) is 1. The topological polar surface area (TPSA) is 146 Å². The zero-order valence-corrected chi connectivity index (χ0v) is 51.5. The number of ketones is 1. The summed E-state index contributed by atoms with van der Waals surface area (Å²) in [5.74, 6) is -1.83. The maximum atomic E-state index is 14.9. The van der Waals surface area contributed by atoms with Crippen LogP contribution in [0.3, 0.4) is 0 Å². The summed E-state index contributed by atoms with van der Waals surface area (Å²) in [6.07, 6.45) is 2.85. The zero-order chi connectivity index (χ0) is 53.9. The SMILES string of the molecule is CC[Si](CC)(CC)O[C@@H](CC=C(C)CCC[C@H](C)[C@H](OC(=O)OCC(Cl)(Cl)Cl)[C@@H](C)C(=O)C(C)(C)[C@H](CC(=O)OC(C)(C)C)O[Si](CC)(CC)CC)C(C)=Cc1csc(COC(=O)OCC(Cl)(Cl)Cl)n1. The van der Waals surface area contributed by atoms with E-state index in [0.29, 0.717) is 23.5 Å². The Bertz CT molecular complexity index is 1840. The maximum absolute atomic E-state index is 14.9. The summed E-state index contributed by atoms with van der Waals surface area (Å²) in [5.41, 5.74) is 0.967. The molecule has 5 atom stereocenters. The molecule has 12 nitrogen and oxygen atoms in total. The molecule has 0 aliphatic rings. The van der Waals surface area contributed by atoms with Crippen molar-refractivity contribution in [3.63, 3.8) is 0 Å². The van der Waals surface area contributed by atoms with Crippen molar-refractivity contribution >= 4 is 128 Å². The van der Waals surface area contributed by atoms with Gasteiger partial charge in [0.1, 0.15) is 42.3 Å². The fraction of sp³-hybridized carbons (Fsp3) is 0.776. The summed E-state index contributed by atoms with van der Waals surface area (Å²) in [7, 11) is -4.39. The fourth-order valence-electron chi connectivity index (χ4n) is 8.17. The van der Waals surface area contributed by atoms with Crippen LogP contribution in [0.1, 0.15) is 147 Å². The molecule has 0 radical (unpaired) electrons. The van der Waals surface area contributed by atoms with Gasteiger partial charge in [0, 0.05) is 10.8 Å². The molecule has 0 saturated heterocycles. The van der Waals surface area contributed by atoms with E-state index in [1.807, 2.05) is 25.3 Å². The Kier molecular flexibility index (Phi) is 29.1. The van der Waals surface area contributed by atoms with E-state index >= 15 is 0 Å². The molecule has 1 rings (SSSR count). The van der Waals surface area contributed by atoms with Crippen LogP contribution in [-0.2, 0) is 48.7 Å². The van der Waals surface area contributed by atoms with Crippen molar-refractivity contribution in [2.75, 3.05) is 13.2 Å². The average Bonchev–Trinajstić information content (AvgIpc) is 3.73. The predicted octanol–water partition coefficient (Wildman–Crippen LogP) is 16.3. The summed E-state index contributed by atoms with van der Waals surface area (Å²) < 4.78 is 37.3. The highest BCUT2D eigenvalue weighted by Crippen LogP contribution is 2.39. The third-order valence-electron chi connectivity index (χ3n) is 12.9. The van der Waals surface area contributed by atoms with Crippen LogP contribution in [0.2, 0.25) is 36.3 Å². The van der Waals surface area contributed by atoms with Crippen LogP contribution in [0.15, 0.2) is 22.6 Å². The predicted molar refractivity (Wildman–Crippen MR) is 293 cm³/mol. The van der Waals surface area contributed by atoms with Crippen molar-refractivity contribution in [3.8, 4) is 0 Å². The minimum atomic E-state index is -2.34. The second-order valence-corrected chi connectivity index (χ2v) is 35.2. The summed E-state index contributed by atoms with van der Waals surface area (Å²) in [6, 6.07) is 5.38. The highest BCUT2D eigenvalue weighted by molar-refractivity contribution is 7.09. The van der Waals surface area contributed by atoms with Gasteiger partial charge in [-0.2, -0.15) is 0 Å². The zero-order valence-electron chi connectivity index (χ0n) is 44.1. The molecule has 1 heterocycles. The first-order chi connectivity index (χ1) is 32.2. The van der Waals surface area contributed by atoms with Crippen molar-refractivity contribution in [1.29, 1.82) is 0 Å². The molecule has 0 aliphatic carbocycles. The summed E-state index contributed by atoms with van der Waals surface area (Å²) in [4.78, 5) is 58.1. The van der Waals surface area contributed by atoms with Crippen LogP contribution in [0.25, 0.3) is 6.08 Å². The number of hydrogen-bond donors (Lipinski definition) is 0. The number of rotatable bonds is 30. The van der Waals surface area contributed by atoms with Gasteiger partial charge in [-0.15, -0.1) is 11.3 Å². The largest absolute Gasteiger partial charge is 0.508 e. The minimum Gasteiger partial charge on any atom is -0.460 e. The maximum Gasteiger partial charge on any atom is 0.508 e. The standard InChI is InChI=1S/C49H81Cl6NO11SSi2/c1-16-69(17-2,18-3)66-38(35(9)27-37-30-68-40(56-37)29-61-44(59)62-31-48(50,51)52)26-25-33(7)23-22-24-34(8)42(64-45(60)63-32-49(53,54)55)36(10)43(58)47(14,15)39(28-41(57)65-46(11,12)13)67-70(19-4,20-5)21-6/h25,27,30,34,36,38-39,42H,16-24,26,28-29,31-32H2,1-15H3/t34-,36+,38-,39-,42-/m0/s1. The van der Waals surface area contributed by atoms with Crippen LogP contribution in [0, 0.1) is 17.3 Å². The summed E-state index contributed by atoms with van der Waals surface area (Å²) in [5, 5.41) is 2.46. The first kappa shape index (κ1) is 66.9. The van der Waals surface area contributed by atoms with Crippen molar-refractivity contribution in [1.82, 2.24) is 4.98 Å². The number of esters is 1. The highest BCUT2D eigenvalue weighted by Gasteiger charge is 2.48. The number of hydrogen-bond acceptors (Lipinski definition) is 13. The van der Waals surface area contributed by atoms with Crippen LogP contribution in [0.4, 0.5) is 9.59 Å². The van der Waals surface area contributed by atoms with E-state index in [1.54, 1.807) is 41.5 Å². The lowest BCUT2D eigenvalue weighted by Crippen LogP contribution is -2.52. The van der Waals surface area contributed by atoms with Gasteiger partial charge in [-0.3, -0.25) is 9.59 Å². The summed E-state index contributed by atoms with van der Waals surface area (Å²) >= 11 is 36.0. The third kappa shape index (κ3) is 24.5. The molecule has 21 heteroatoms. The van der Waals surface area contributed by atoms with E-state index in [1.165, 1.54) is 11.3 Å². The molecule has 0 aliphatic heterocycles. The summed E-state index contributed by atoms with van der Waals surface area (Å²) in [6.45, 7) is 28.6. The lowest BCUT2D eigenvalue weighted by Gasteiger charge is -2.42. The Morgan fingerprint density at radius 1 is 0.757 bits per heavy atom. The number of nitrogens with zero attached hydrogens (tertiary/aromatic N) is 1. The Morgan fingerprint density at radius 2 is 1.27 bits per heavy atom. The molecule has 1 aromatic rings. The minimum absolute atomic E-state index is 0.0978. The molecule has 0 fully saturated rings. The van der Waals surface area contributed by atoms with Gasteiger partial charge in [-0.05, 0) is 114 Å². The Labute approximate surface area is 455 Å². The number of aromatic nitrogens is 1. The first-order valence-electron chi connectivity index (χ1n) is 24.4. The van der Waals surface area contributed by atoms with E-state index in [4.69, 9.17) is 102 Å². The normalized spacial score (nSPS) is 15.7. The average molecular weight is 1160 g/mol. The molecule has 0 bridgehead atoms. The van der Waals surface area contributed by atoms with Crippen LogP contribution < -0.4 is 0 Å². The van der Waals surface area contributed by atoms with Crippen molar-refractivity contribution < 1.29 is 51.7 Å². The van der Waals surface area contributed by atoms with Gasteiger partial charge >= 0.3 is 18.3 Å². The van der Waals surface area contributed by atoms with E-state index in [-0.39, 0.29) is 30.8 Å². The van der Waals surface area contributed by atoms with Crippen LogP contribution in [0.5, 0.6) is 0 Å². The van der Waals surface area contributed by atoms with Gasteiger partial charge in [-0.1, -0.05) is 150 Å². The molecular formula is C49H81Cl6NO11SSi2. The van der Waals surface area contributed by atoms with E-state index in [2.05, 4.69) is 59.5 Å². The number of carbonyl (C=O) groups is 4. The molecule has 0 unspecified atom stereocenters. The molecule has 404 valence electrons. The number of carbonyl (C=O) groups excluding carboxylic acids is 4. The Balaban J connectivity index is 3.43. The lowest BCUT2D eigenvalue weighted by molar-refractivity contribution is -0.160. The highest BCUT2D eigenvalue weighted by atomic mass is 35.6. The molecule has 1 aromatic heterocycles. The van der Waals surface area contributed by atoms with Gasteiger partial charge in [0.25, 0.3) is 0 Å². The molecular weight excluding hydrogens is 1080 g/mol. The number of alkyl halides is 6. The Hall–Kier alpha value is -1.12. The third-order valence-corrected chi connectivity index (χ3v) is 23.7. The van der Waals surface area contributed by atoms with Gasteiger partial charge in [-0.25, -0.2) is 14.6 Å². The van der Waals surface area contributed by atoms with Crippen molar-refractivity contribution in [2.24, 2.45) is 17.3 Å². The number of thiazole rings is 1. The molecule has 0 N–H and O–H groups in total. The van der Waals surface area contributed by atoms with Gasteiger partial charge in [0.15, 0.2) is 16.6 Å². The van der Waals surface area contributed by atoms with Crippen molar-refractivity contribution in [2.45, 2.75) is 210 Å². The fourth-order valence-corrected chi connectivity index (χ4v) is 15.0. The number of allylic oxidation sites excluding steroid dienone is 1. The molecule has 0 saturated carbocycles. The van der Waals surface area contributed by atoms with Gasteiger partial charge in [0.05, 0.1) is 30.2 Å². The molecule has 0 aromatic carbocycles. The molecule has 0 amide bonds. The first-order valence-corrected chi connectivity index (χ1v) is 32.6. The number of ether oxygens (including phenoxy) is 5. The van der Waals surface area contributed by atoms with Gasteiger partial charge in [0.2, 0.25) is 7.59 Å². The second-order valence-electron chi connectivity index (χ2n) is 19.8. The second kappa shape index (κ2) is 30.4. The Morgan fingerprint density at radius 3 is 1.77 bits per heavy atom. The van der Waals surface area contributed by atoms with Crippen LogP contribution >= 0.6 is 80.9 Å².